The molecule has 1 aliphatic heterocycles. The lowest BCUT2D eigenvalue weighted by Gasteiger charge is -2.34. The van der Waals surface area contributed by atoms with E-state index in [1.165, 1.54) is 12.8 Å². The molecule has 0 aliphatic carbocycles. The molecule has 116 valence electrons. The van der Waals surface area contributed by atoms with Gasteiger partial charge < -0.3 is 10.6 Å². The van der Waals surface area contributed by atoms with Crippen molar-refractivity contribution in [3.8, 4) is 0 Å². The van der Waals surface area contributed by atoms with Gasteiger partial charge in [-0.3, -0.25) is 15.1 Å². The van der Waals surface area contributed by atoms with Crippen molar-refractivity contribution in [3.63, 3.8) is 0 Å². The number of hydrogen-bond acceptors (Lipinski definition) is 5. The summed E-state index contributed by atoms with van der Waals surface area (Å²) in [5, 5.41) is 19.5. The molecule has 0 radical (unpaired) electrons. The fraction of sp³-hybridized carbons (Fsp3) is 0.438. The number of fused-ring (bicyclic) bond motifs is 1. The van der Waals surface area contributed by atoms with Gasteiger partial charge in [-0.25, -0.2) is 0 Å². The number of hydrogen-bond donors (Lipinski definition) is 2. The molecule has 6 nitrogen and oxygen atoms in total. The van der Waals surface area contributed by atoms with Gasteiger partial charge in [0.1, 0.15) is 0 Å². The van der Waals surface area contributed by atoms with Crippen LogP contribution < -0.4 is 10.6 Å². The van der Waals surface area contributed by atoms with Crippen molar-refractivity contribution in [1.82, 2.24) is 10.3 Å². The van der Waals surface area contributed by atoms with Gasteiger partial charge in [-0.2, -0.15) is 0 Å². The number of benzene rings is 1. The molecule has 2 N–H and O–H groups in total. The average molecular weight is 300 g/mol. The Labute approximate surface area is 129 Å². The zero-order valence-corrected chi connectivity index (χ0v) is 12.6. The van der Waals surface area contributed by atoms with Gasteiger partial charge in [-0.15, -0.1) is 0 Å². The van der Waals surface area contributed by atoms with Crippen molar-refractivity contribution in [2.24, 2.45) is 5.41 Å². The second kappa shape index (κ2) is 5.88. The number of rotatable bonds is 4. The Morgan fingerprint density at radius 3 is 3.00 bits per heavy atom. The van der Waals surface area contributed by atoms with Crippen molar-refractivity contribution >= 4 is 22.1 Å². The molecule has 3 rings (SSSR count). The lowest BCUT2D eigenvalue weighted by atomic mass is 9.82. The molecule has 0 bridgehead atoms. The van der Waals surface area contributed by atoms with Crippen LogP contribution in [0.2, 0.25) is 0 Å². The SMILES string of the molecule is CC1(CNc2ccc([N+](=O)[O-])c3cnccc23)CCCNC1. The first-order valence-electron chi connectivity index (χ1n) is 7.55. The van der Waals surface area contributed by atoms with Crippen LogP contribution in [0.4, 0.5) is 11.4 Å². The van der Waals surface area contributed by atoms with E-state index in [1.807, 2.05) is 6.07 Å². The lowest BCUT2D eigenvalue weighted by Crippen LogP contribution is -2.42. The van der Waals surface area contributed by atoms with E-state index in [0.29, 0.717) is 5.39 Å². The highest BCUT2D eigenvalue weighted by atomic mass is 16.6. The van der Waals surface area contributed by atoms with Crippen LogP contribution in [0.15, 0.2) is 30.6 Å². The molecule has 22 heavy (non-hydrogen) atoms. The first-order chi connectivity index (χ1) is 10.6. The standard InChI is InChI=1S/C16H20N4O2/c1-16(6-2-7-18-10-16)11-19-14-3-4-15(20(21)22)13-9-17-8-5-12(13)14/h3-5,8-9,18-19H,2,6-7,10-11H2,1H3. The summed E-state index contributed by atoms with van der Waals surface area (Å²) in [6.07, 6.45) is 5.59. The first-order valence-corrected chi connectivity index (χ1v) is 7.55. The number of anilines is 1. The summed E-state index contributed by atoms with van der Waals surface area (Å²) in [6.45, 7) is 5.19. The summed E-state index contributed by atoms with van der Waals surface area (Å²) in [5.41, 5.74) is 1.23. The second-order valence-electron chi connectivity index (χ2n) is 6.26. The van der Waals surface area contributed by atoms with Gasteiger partial charge in [-0.1, -0.05) is 6.92 Å². The fourth-order valence-electron chi connectivity index (χ4n) is 3.07. The Morgan fingerprint density at radius 2 is 2.27 bits per heavy atom. The van der Waals surface area contributed by atoms with Crippen LogP contribution in [0, 0.1) is 15.5 Å². The normalized spacial score (nSPS) is 21.7. The number of aromatic nitrogens is 1. The smallest absolute Gasteiger partial charge is 0.278 e. The third-order valence-electron chi connectivity index (χ3n) is 4.38. The highest BCUT2D eigenvalue weighted by Crippen LogP contribution is 2.32. The van der Waals surface area contributed by atoms with Crippen LogP contribution in [0.3, 0.4) is 0 Å². The van der Waals surface area contributed by atoms with Crippen molar-refractivity contribution in [1.29, 1.82) is 0 Å². The maximum Gasteiger partial charge on any atom is 0.278 e. The van der Waals surface area contributed by atoms with Crippen LogP contribution in [0.1, 0.15) is 19.8 Å². The topological polar surface area (TPSA) is 80.1 Å². The predicted molar refractivity (Wildman–Crippen MR) is 87.1 cm³/mol. The van der Waals surface area contributed by atoms with Gasteiger partial charge in [0.05, 0.1) is 10.3 Å². The van der Waals surface area contributed by atoms with E-state index >= 15 is 0 Å². The number of nitro benzene ring substituents is 1. The Kier molecular flexibility index (Phi) is 3.94. The highest BCUT2D eigenvalue weighted by Gasteiger charge is 2.26. The number of nitrogens with zero attached hydrogens (tertiary/aromatic N) is 2. The fourth-order valence-corrected chi connectivity index (χ4v) is 3.07. The van der Waals surface area contributed by atoms with Crippen molar-refractivity contribution in [2.75, 3.05) is 25.0 Å². The monoisotopic (exact) mass is 300 g/mol. The van der Waals surface area contributed by atoms with Gasteiger partial charge in [0.25, 0.3) is 5.69 Å². The number of piperidine rings is 1. The molecular weight excluding hydrogens is 280 g/mol. The summed E-state index contributed by atoms with van der Waals surface area (Å²) in [5.74, 6) is 0. The largest absolute Gasteiger partial charge is 0.384 e. The molecule has 2 heterocycles. The molecule has 0 spiro atoms. The molecule has 0 amide bonds. The van der Waals surface area contributed by atoms with Crippen molar-refractivity contribution in [3.05, 3.63) is 40.7 Å². The van der Waals surface area contributed by atoms with Crippen LogP contribution >= 0.6 is 0 Å². The maximum atomic E-state index is 11.1. The van der Waals surface area contributed by atoms with Crippen molar-refractivity contribution in [2.45, 2.75) is 19.8 Å². The molecule has 1 unspecified atom stereocenters. The summed E-state index contributed by atoms with van der Waals surface area (Å²) < 4.78 is 0. The molecule has 1 fully saturated rings. The summed E-state index contributed by atoms with van der Waals surface area (Å²) in [4.78, 5) is 14.8. The number of non-ortho nitro benzene ring substituents is 1. The summed E-state index contributed by atoms with van der Waals surface area (Å²) in [6, 6.07) is 5.17. The molecule has 0 saturated carbocycles. The minimum atomic E-state index is -0.361. The Bertz CT molecular complexity index is 696. The Morgan fingerprint density at radius 1 is 1.41 bits per heavy atom. The van der Waals surface area contributed by atoms with Gasteiger partial charge in [-0.05, 0) is 36.9 Å². The molecule has 1 saturated heterocycles. The number of pyridine rings is 1. The minimum Gasteiger partial charge on any atom is -0.384 e. The van der Waals surface area contributed by atoms with E-state index in [0.717, 1.165) is 30.7 Å². The first kappa shape index (κ1) is 14.7. The zero-order chi connectivity index (χ0) is 15.6. The highest BCUT2D eigenvalue weighted by molar-refractivity contribution is 5.99. The van der Waals surface area contributed by atoms with Crippen LogP contribution in [0.25, 0.3) is 10.8 Å². The minimum absolute atomic E-state index is 0.0965. The van der Waals surface area contributed by atoms with Crippen LogP contribution in [-0.4, -0.2) is 29.5 Å². The average Bonchev–Trinajstić information content (AvgIpc) is 2.53. The molecule has 1 aliphatic rings. The molecule has 1 atom stereocenters. The quantitative estimate of drug-likeness (QED) is 0.670. The van der Waals surface area contributed by atoms with E-state index < -0.39 is 0 Å². The van der Waals surface area contributed by atoms with E-state index in [9.17, 15) is 10.1 Å². The molecule has 2 aromatic rings. The number of nitro groups is 1. The van der Waals surface area contributed by atoms with Gasteiger partial charge in [0, 0.05) is 42.6 Å². The van der Waals surface area contributed by atoms with Gasteiger partial charge >= 0.3 is 0 Å². The third kappa shape index (κ3) is 2.87. The van der Waals surface area contributed by atoms with E-state index in [2.05, 4.69) is 22.5 Å². The molecular formula is C16H20N4O2. The van der Waals surface area contributed by atoms with E-state index in [-0.39, 0.29) is 16.0 Å². The van der Waals surface area contributed by atoms with E-state index in [1.54, 1.807) is 24.5 Å². The molecule has 6 heteroatoms. The molecule has 1 aromatic carbocycles. The van der Waals surface area contributed by atoms with Crippen LogP contribution in [0.5, 0.6) is 0 Å². The van der Waals surface area contributed by atoms with Crippen molar-refractivity contribution < 1.29 is 4.92 Å². The summed E-state index contributed by atoms with van der Waals surface area (Å²) in [7, 11) is 0. The predicted octanol–water partition coefficient (Wildman–Crippen LogP) is 2.94. The number of nitrogens with one attached hydrogen (secondary N) is 2. The van der Waals surface area contributed by atoms with E-state index in [4.69, 9.17) is 0 Å². The van der Waals surface area contributed by atoms with Gasteiger partial charge in [0.15, 0.2) is 0 Å². The maximum absolute atomic E-state index is 11.1. The Balaban J connectivity index is 1.88. The Hall–Kier alpha value is -2.21. The zero-order valence-electron chi connectivity index (χ0n) is 12.6. The second-order valence-corrected chi connectivity index (χ2v) is 6.26. The molecule has 1 aromatic heterocycles. The van der Waals surface area contributed by atoms with Gasteiger partial charge in [0.2, 0.25) is 0 Å². The third-order valence-corrected chi connectivity index (χ3v) is 4.38. The van der Waals surface area contributed by atoms with Crippen LogP contribution in [-0.2, 0) is 0 Å². The summed E-state index contributed by atoms with van der Waals surface area (Å²) >= 11 is 0. The lowest BCUT2D eigenvalue weighted by molar-refractivity contribution is -0.383.